The molecule has 4 nitrogen and oxygen atoms in total. The van der Waals surface area contributed by atoms with Gasteiger partial charge >= 0.3 is 5.97 Å². The first-order valence-electron chi connectivity index (χ1n) is 7.51. The highest BCUT2D eigenvalue weighted by molar-refractivity contribution is 5.90. The van der Waals surface area contributed by atoms with Crippen LogP contribution in [-0.2, 0) is 21.4 Å². The van der Waals surface area contributed by atoms with Crippen molar-refractivity contribution >= 4 is 11.9 Å². The number of rotatable bonds is 3. The molecule has 1 aromatic rings. The summed E-state index contributed by atoms with van der Waals surface area (Å²) in [4.78, 5) is 23.6. The molecule has 2 aliphatic rings. The summed E-state index contributed by atoms with van der Waals surface area (Å²) in [5.74, 6) is -1.22. The number of aliphatic carboxylic acids is 1. The average Bonchev–Trinajstić information content (AvgIpc) is 3.14. The summed E-state index contributed by atoms with van der Waals surface area (Å²) in [6.07, 6.45) is 4.04. The van der Waals surface area contributed by atoms with Gasteiger partial charge in [0, 0.05) is 11.3 Å². The Morgan fingerprint density at radius 1 is 1.33 bits per heavy atom. The Hall–Kier alpha value is -1.84. The number of carbonyl (C=O) groups is 2. The predicted octanol–water partition coefficient (Wildman–Crippen LogP) is 2.26. The van der Waals surface area contributed by atoms with Crippen LogP contribution in [0.4, 0.5) is 0 Å². The minimum Gasteiger partial charge on any atom is -0.480 e. The van der Waals surface area contributed by atoms with Crippen LogP contribution in [0.1, 0.15) is 44.2 Å². The molecule has 1 spiro atoms. The maximum Gasteiger partial charge on any atom is 0.328 e. The molecule has 112 valence electrons. The fourth-order valence-corrected chi connectivity index (χ4v) is 3.62. The average molecular weight is 287 g/mol. The molecule has 1 saturated carbocycles. The smallest absolute Gasteiger partial charge is 0.328 e. The summed E-state index contributed by atoms with van der Waals surface area (Å²) >= 11 is 0. The van der Waals surface area contributed by atoms with Crippen molar-refractivity contribution < 1.29 is 14.7 Å². The minimum absolute atomic E-state index is 0.0481. The summed E-state index contributed by atoms with van der Waals surface area (Å²) in [7, 11) is 0. The predicted molar refractivity (Wildman–Crippen MR) is 79.0 cm³/mol. The molecule has 0 saturated heterocycles. The van der Waals surface area contributed by atoms with Crippen molar-refractivity contribution in [3.63, 3.8) is 0 Å². The van der Waals surface area contributed by atoms with E-state index in [1.807, 2.05) is 12.1 Å². The van der Waals surface area contributed by atoms with Crippen molar-refractivity contribution in [3.05, 3.63) is 35.4 Å². The van der Waals surface area contributed by atoms with Crippen LogP contribution in [0.15, 0.2) is 24.3 Å². The van der Waals surface area contributed by atoms with E-state index in [-0.39, 0.29) is 17.2 Å². The van der Waals surface area contributed by atoms with Gasteiger partial charge in [-0.05, 0) is 50.7 Å². The van der Waals surface area contributed by atoms with Crippen LogP contribution in [0.2, 0.25) is 0 Å². The van der Waals surface area contributed by atoms with E-state index in [9.17, 15) is 9.59 Å². The van der Waals surface area contributed by atoms with Crippen molar-refractivity contribution in [3.8, 4) is 0 Å². The van der Waals surface area contributed by atoms with Crippen LogP contribution in [0.5, 0.6) is 0 Å². The Kier molecular flexibility index (Phi) is 3.08. The molecule has 0 radical (unpaired) electrons. The second-order valence-corrected chi connectivity index (χ2v) is 6.84. The fraction of sp³-hybridized carbons (Fsp3) is 0.529. The zero-order valence-electron chi connectivity index (χ0n) is 12.5. The number of hydrogen-bond donors (Lipinski definition) is 2. The molecule has 0 aromatic heterocycles. The number of fused-ring (bicyclic) bond motifs is 2. The van der Waals surface area contributed by atoms with E-state index < -0.39 is 11.5 Å². The third-order valence-electron chi connectivity index (χ3n) is 4.98. The Labute approximate surface area is 124 Å². The van der Waals surface area contributed by atoms with E-state index in [0.717, 1.165) is 25.7 Å². The Morgan fingerprint density at radius 3 is 2.76 bits per heavy atom. The molecule has 3 rings (SSSR count). The van der Waals surface area contributed by atoms with Crippen LogP contribution in [0.3, 0.4) is 0 Å². The lowest BCUT2D eigenvalue weighted by Gasteiger charge is -2.27. The number of hydrogen-bond acceptors (Lipinski definition) is 2. The molecule has 21 heavy (non-hydrogen) atoms. The first kappa shape index (κ1) is 14.1. The standard InChI is InChI=1S/C17H21NO3/c1-16(2,15(20)21)18-14(19)13-10-17(13)9-5-7-11-6-3-4-8-12(11)17/h3-4,6,8,13H,5,7,9-10H2,1-2H3,(H,18,19)(H,20,21)/t13-,17+/m1/s1. The number of carboxylic acids is 1. The topological polar surface area (TPSA) is 66.4 Å². The highest BCUT2D eigenvalue weighted by atomic mass is 16.4. The third kappa shape index (κ3) is 2.23. The van der Waals surface area contributed by atoms with Gasteiger partial charge in [0.2, 0.25) is 5.91 Å². The van der Waals surface area contributed by atoms with E-state index in [2.05, 4.69) is 17.4 Å². The van der Waals surface area contributed by atoms with Gasteiger partial charge in [0.15, 0.2) is 0 Å². The fourth-order valence-electron chi connectivity index (χ4n) is 3.62. The number of carboxylic acid groups (broad SMARTS) is 1. The number of carbonyl (C=O) groups excluding carboxylic acids is 1. The maximum atomic E-state index is 12.4. The van der Waals surface area contributed by atoms with Gasteiger partial charge < -0.3 is 10.4 Å². The molecule has 2 aliphatic carbocycles. The molecule has 0 bridgehead atoms. The van der Waals surface area contributed by atoms with Crippen LogP contribution in [0, 0.1) is 5.92 Å². The van der Waals surface area contributed by atoms with Crippen LogP contribution < -0.4 is 5.32 Å². The van der Waals surface area contributed by atoms with Gasteiger partial charge in [-0.2, -0.15) is 0 Å². The van der Waals surface area contributed by atoms with Gasteiger partial charge in [-0.25, -0.2) is 4.79 Å². The van der Waals surface area contributed by atoms with Gasteiger partial charge in [-0.3, -0.25) is 4.79 Å². The zero-order valence-corrected chi connectivity index (χ0v) is 12.5. The van der Waals surface area contributed by atoms with E-state index in [1.165, 1.54) is 25.0 Å². The monoisotopic (exact) mass is 287 g/mol. The SMILES string of the molecule is CC(C)(NC(=O)[C@H]1C[C@]12CCCc1ccccc12)C(=O)O. The quantitative estimate of drug-likeness (QED) is 0.896. The van der Waals surface area contributed by atoms with E-state index in [1.54, 1.807) is 0 Å². The van der Waals surface area contributed by atoms with Gasteiger partial charge in [0.25, 0.3) is 0 Å². The minimum atomic E-state index is -1.21. The molecule has 1 fully saturated rings. The second-order valence-electron chi connectivity index (χ2n) is 6.84. The summed E-state index contributed by atoms with van der Waals surface area (Å²) in [6, 6.07) is 8.35. The summed E-state index contributed by atoms with van der Waals surface area (Å²) in [5, 5.41) is 11.8. The van der Waals surface area contributed by atoms with E-state index in [0.29, 0.717) is 0 Å². The number of benzene rings is 1. The number of aryl methyl sites for hydroxylation is 1. The molecule has 1 amide bonds. The van der Waals surface area contributed by atoms with Crippen molar-refractivity contribution in [1.29, 1.82) is 0 Å². The van der Waals surface area contributed by atoms with E-state index in [4.69, 9.17) is 5.11 Å². The Balaban J connectivity index is 1.80. The molecular weight excluding hydrogens is 266 g/mol. The van der Waals surface area contributed by atoms with Crippen LogP contribution in [-0.4, -0.2) is 22.5 Å². The zero-order chi connectivity index (χ0) is 15.3. The highest BCUT2D eigenvalue weighted by Gasteiger charge is 2.60. The first-order chi connectivity index (χ1) is 9.87. The van der Waals surface area contributed by atoms with Gasteiger partial charge in [-0.15, -0.1) is 0 Å². The largest absolute Gasteiger partial charge is 0.480 e. The lowest BCUT2D eigenvalue weighted by atomic mass is 9.78. The third-order valence-corrected chi connectivity index (χ3v) is 4.98. The van der Waals surface area contributed by atoms with Crippen LogP contribution >= 0.6 is 0 Å². The molecule has 0 heterocycles. The van der Waals surface area contributed by atoms with Gasteiger partial charge in [0.05, 0.1) is 0 Å². The normalized spacial score (nSPS) is 27.0. The second kappa shape index (κ2) is 4.58. The molecule has 2 N–H and O–H groups in total. The molecule has 4 heteroatoms. The molecular formula is C17H21NO3. The molecule has 1 aromatic carbocycles. The summed E-state index contributed by atoms with van der Waals surface area (Å²) in [6.45, 7) is 3.05. The summed E-state index contributed by atoms with van der Waals surface area (Å²) < 4.78 is 0. The lowest BCUT2D eigenvalue weighted by Crippen LogP contribution is -2.50. The molecule has 0 aliphatic heterocycles. The van der Waals surface area contributed by atoms with Crippen LogP contribution in [0.25, 0.3) is 0 Å². The van der Waals surface area contributed by atoms with Crippen molar-refractivity contribution in [2.45, 2.75) is 50.5 Å². The Morgan fingerprint density at radius 2 is 2.05 bits per heavy atom. The highest BCUT2D eigenvalue weighted by Crippen LogP contribution is 2.60. The van der Waals surface area contributed by atoms with Crippen molar-refractivity contribution in [1.82, 2.24) is 5.32 Å². The molecule has 2 atom stereocenters. The summed E-state index contributed by atoms with van der Waals surface area (Å²) in [5.41, 5.74) is 1.38. The van der Waals surface area contributed by atoms with E-state index >= 15 is 0 Å². The number of amides is 1. The number of nitrogens with one attached hydrogen (secondary N) is 1. The first-order valence-corrected chi connectivity index (χ1v) is 7.51. The van der Waals surface area contributed by atoms with Gasteiger partial charge in [-0.1, -0.05) is 24.3 Å². The Bertz CT molecular complexity index is 608. The van der Waals surface area contributed by atoms with Gasteiger partial charge in [0.1, 0.15) is 5.54 Å². The maximum absolute atomic E-state index is 12.4. The van der Waals surface area contributed by atoms with Crippen molar-refractivity contribution in [2.24, 2.45) is 5.92 Å². The van der Waals surface area contributed by atoms with Crippen molar-refractivity contribution in [2.75, 3.05) is 0 Å². The molecule has 0 unspecified atom stereocenters. The lowest BCUT2D eigenvalue weighted by molar-refractivity contribution is -0.146.